The Morgan fingerprint density at radius 1 is 1.33 bits per heavy atom. The van der Waals surface area contributed by atoms with Gasteiger partial charge in [0.1, 0.15) is 0 Å². The molecule has 0 bridgehead atoms. The maximum absolute atomic E-state index is 11.8. The lowest BCUT2D eigenvalue weighted by Crippen LogP contribution is -2.13. The van der Waals surface area contributed by atoms with Gasteiger partial charge in [-0.2, -0.15) is 0 Å². The molecule has 0 atom stereocenters. The van der Waals surface area contributed by atoms with E-state index in [1.54, 1.807) is 18.3 Å². The molecular weight excluding hydrogens is 190 g/mol. The third-order valence-electron chi connectivity index (χ3n) is 2.48. The van der Waals surface area contributed by atoms with E-state index in [1.807, 2.05) is 23.6 Å². The van der Waals surface area contributed by atoms with Crippen LogP contribution in [0.3, 0.4) is 0 Å². The first-order valence-corrected chi connectivity index (χ1v) is 4.85. The molecule has 1 aromatic carbocycles. The number of pyridine rings is 1. The van der Waals surface area contributed by atoms with Crippen LogP contribution in [0.25, 0.3) is 10.9 Å². The highest BCUT2D eigenvalue weighted by Gasteiger charge is 2.06. The summed E-state index contributed by atoms with van der Waals surface area (Å²) in [6.45, 7) is 2.72. The predicted octanol–water partition coefficient (Wildman–Crippen LogP) is 1.83. The van der Waals surface area contributed by atoms with Crippen LogP contribution in [-0.4, -0.2) is 10.9 Å². The van der Waals surface area contributed by atoms with Gasteiger partial charge in [0.05, 0.1) is 11.1 Å². The van der Waals surface area contributed by atoms with Crippen LogP contribution in [0.15, 0.2) is 35.3 Å². The summed E-state index contributed by atoms with van der Waals surface area (Å²) in [4.78, 5) is 22.5. The maximum Gasteiger partial charge on any atom is 0.199 e. The minimum atomic E-state index is -0.190. The molecular formula is C12H11NO2. The molecule has 0 N–H and O–H groups in total. The third-order valence-corrected chi connectivity index (χ3v) is 2.48. The van der Waals surface area contributed by atoms with Crippen molar-refractivity contribution >= 4 is 17.2 Å². The summed E-state index contributed by atoms with van der Waals surface area (Å²) in [6.07, 6.45) is 2.22. The van der Waals surface area contributed by atoms with Crippen LogP contribution in [0.1, 0.15) is 17.3 Å². The van der Waals surface area contributed by atoms with Crippen molar-refractivity contribution < 1.29 is 4.79 Å². The summed E-state index contributed by atoms with van der Waals surface area (Å²) in [7, 11) is 0. The second-order valence-corrected chi connectivity index (χ2v) is 3.33. The fourth-order valence-corrected chi connectivity index (χ4v) is 1.71. The van der Waals surface area contributed by atoms with Crippen LogP contribution >= 0.6 is 0 Å². The Kier molecular flexibility index (Phi) is 2.37. The van der Waals surface area contributed by atoms with Gasteiger partial charge in [0.15, 0.2) is 11.7 Å². The molecule has 2 aromatic rings. The summed E-state index contributed by atoms with van der Waals surface area (Å²) in [5, 5.41) is 0.601. The lowest BCUT2D eigenvalue weighted by atomic mass is 10.1. The highest BCUT2D eigenvalue weighted by Crippen LogP contribution is 2.10. The van der Waals surface area contributed by atoms with Crippen LogP contribution in [0.5, 0.6) is 0 Å². The number of fused-ring (bicyclic) bond motifs is 1. The molecule has 0 aliphatic carbocycles. The van der Waals surface area contributed by atoms with Crippen molar-refractivity contribution in [2.45, 2.75) is 13.5 Å². The SMILES string of the molecule is CCn1cc(C=O)c(=O)c2ccccc21. The lowest BCUT2D eigenvalue weighted by molar-refractivity contribution is 0.112. The third kappa shape index (κ3) is 1.46. The fourth-order valence-electron chi connectivity index (χ4n) is 1.71. The molecule has 0 radical (unpaired) electrons. The number of nitrogens with zero attached hydrogens (tertiary/aromatic N) is 1. The number of aryl methyl sites for hydroxylation is 1. The average molecular weight is 201 g/mol. The number of rotatable bonds is 2. The summed E-state index contributed by atoms with van der Waals surface area (Å²) < 4.78 is 1.90. The summed E-state index contributed by atoms with van der Waals surface area (Å²) in [5.74, 6) is 0. The van der Waals surface area contributed by atoms with Crippen LogP contribution in [-0.2, 0) is 6.54 Å². The van der Waals surface area contributed by atoms with E-state index >= 15 is 0 Å². The van der Waals surface area contributed by atoms with Gasteiger partial charge >= 0.3 is 0 Å². The Labute approximate surface area is 87.0 Å². The number of hydrogen-bond donors (Lipinski definition) is 0. The Bertz CT molecular complexity index is 569. The van der Waals surface area contributed by atoms with Crippen molar-refractivity contribution in [1.82, 2.24) is 4.57 Å². The van der Waals surface area contributed by atoms with Gasteiger partial charge in [-0.15, -0.1) is 0 Å². The molecule has 0 saturated carbocycles. The monoisotopic (exact) mass is 201 g/mol. The Hall–Kier alpha value is -1.90. The number of aldehydes is 1. The molecule has 0 saturated heterocycles. The van der Waals surface area contributed by atoms with E-state index in [1.165, 1.54) is 0 Å². The van der Waals surface area contributed by atoms with E-state index in [4.69, 9.17) is 0 Å². The summed E-state index contributed by atoms with van der Waals surface area (Å²) in [5.41, 5.74) is 0.899. The zero-order valence-electron chi connectivity index (χ0n) is 8.43. The largest absolute Gasteiger partial charge is 0.347 e. The van der Waals surface area contributed by atoms with Gasteiger partial charge in [0.25, 0.3) is 0 Å². The molecule has 0 aliphatic rings. The van der Waals surface area contributed by atoms with E-state index in [9.17, 15) is 9.59 Å². The number of aromatic nitrogens is 1. The van der Waals surface area contributed by atoms with Gasteiger partial charge in [-0.1, -0.05) is 12.1 Å². The fraction of sp³-hybridized carbons (Fsp3) is 0.167. The summed E-state index contributed by atoms with van der Waals surface area (Å²) in [6, 6.07) is 7.32. The highest BCUT2D eigenvalue weighted by atomic mass is 16.1. The predicted molar refractivity (Wildman–Crippen MR) is 59.3 cm³/mol. The molecule has 1 heterocycles. The van der Waals surface area contributed by atoms with E-state index in [2.05, 4.69) is 0 Å². The highest BCUT2D eigenvalue weighted by molar-refractivity contribution is 5.85. The minimum absolute atomic E-state index is 0.190. The lowest BCUT2D eigenvalue weighted by Gasteiger charge is -2.08. The first-order valence-electron chi connectivity index (χ1n) is 4.85. The van der Waals surface area contributed by atoms with Crippen molar-refractivity contribution in [3.05, 3.63) is 46.2 Å². The molecule has 0 unspecified atom stereocenters. The maximum atomic E-state index is 11.8. The quantitative estimate of drug-likeness (QED) is 0.695. The number of carbonyl (C=O) groups is 1. The van der Waals surface area contributed by atoms with Crippen LogP contribution in [0.2, 0.25) is 0 Å². The zero-order valence-corrected chi connectivity index (χ0v) is 8.43. The molecule has 0 spiro atoms. The topological polar surface area (TPSA) is 39.1 Å². The molecule has 0 amide bonds. The van der Waals surface area contributed by atoms with Gasteiger partial charge in [-0.05, 0) is 19.1 Å². The Morgan fingerprint density at radius 3 is 2.73 bits per heavy atom. The zero-order chi connectivity index (χ0) is 10.8. The van der Waals surface area contributed by atoms with Crippen molar-refractivity contribution in [2.75, 3.05) is 0 Å². The van der Waals surface area contributed by atoms with Crippen molar-refractivity contribution in [2.24, 2.45) is 0 Å². The normalized spacial score (nSPS) is 10.5. The first-order chi connectivity index (χ1) is 7.27. The molecule has 1 aromatic heterocycles. The molecule has 3 nitrogen and oxygen atoms in total. The molecule has 76 valence electrons. The standard InChI is InChI=1S/C12H11NO2/c1-2-13-7-9(8-14)12(15)10-5-3-4-6-11(10)13/h3-8H,2H2,1H3. The smallest absolute Gasteiger partial charge is 0.199 e. The first kappa shape index (κ1) is 9.65. The van der Waals surface area contributed by atoms with E-state index < -0.39 is 0 Å². The van der Waals surface area contributed by atoms with Crippen molar-refractivity contribution in [3.8, 4) is 0 Å². The Balaban J connectivity index is 2.96. The second kappa shape index (κ2) is 3.69. The van der Waals surface area contributed by atoms with Gasteiger partial charge in [0.2, 0.25) is 0 Å². The average Bonchev–Trinajstić information content (AvgIpc) is 2.30. The second-order valence-electron chi connectivity index (χ2n) is 3.33. The van der Waals surface area contributed by atoms with Gasteiger partial charge in [-0.25, -0.2) is 0 Å². The van der Waals surface area contributed by atoms with Crippen molar-refractivity contribution in [1.29, 1.82) is 0 Å². The van der Waals surface area contributed by atoms with Crippen LogP contribution in [0.4, 0.5) is 0 Å². The molecule has 0 fully saturated rings. The van der Waals surface area contributed by atoms with E-state index in [0.717, 1.165) is 12.1 Å². The van der Waals surface area contributed by atoms with Crippen molar-refractivity contribution in [3.63, 3.8) is 0 Å². The van der Waals surface area contributed by atoms with E-state index in [-0.39, 0.29) is 11.0 Å². The number of carbonyl (C=O) groups excluding carboxylic acids is 1. The van der Waals surface area contributed by atoms with Gasteiger partial charge < -0.3 is 4.57 Å². The molecule has 0 aliphatic heterocycles. The molecule has 2 rings (SSSR count). The van der Waals surface area contributed by atoms with Crippen LogP contribution in [0, 0.1) is 0 Å². The number of hydrogen-bond acceptors (Lipinski definition) is 2. The Morgan fingerprint density at radius 2 is 2.07 bits per heavy atom. The minimum Gasteiger partial charge on any atom is -0.347 e. The number of benzene rings is 1. The number of para-hydroxylation sites is 1. The summed E-state index contributed by atoms with van der Waals surface area (Å²) >= 11 is 0. The van der Waals surface area contributed by atoms with Gasteiger partial charge in [0, 0.05) is 18.1 Å². The van der Waals surface area contributed by atoms with E-state index in [0.29, 0.717) is 11.7 Å². The molecule has 15 heavy (non-hydrogen) atoms. The van der Waals surface area contributed by atoms with Crippen LogP contribution < -0.4 is 5.43 Å². The van der Waals surface area contributed by atoms with Gasteiger partial charge in [-0.3, -0.25) is 9.59 Å². The molecule has 3 heteroatoms.